The molecule has 6 nitrogen and oxygen atoms in total. The molecule has 0 aliphatic rings. The molecule has 0 aliphatic heterocycles. The van der Waals surface area contributed by atoms with Gasteiger partial charge in [-0.25, -0.2) is 17.5 Å². The Morgan fingerprint density at radius 1 is 1.19 bits per heavy atom. The number of hydrogen-bond donors (Lipinski definition) is 1. The van der Waals surface area contributed by atoms with Gasteiger partial charge in [0.15, 0.2) is 15.6 Å². The Kier molecular flexibility index (Phi) is 4.91. The van der Waals surface area contributed by atoms with Gasteiger partial charge >= 0.3 is 0 Å². The fourth-order valence-electron chi connectivity index (χ4n) is 2.46. The third-order valence-corrected chi connectivity index (χ3v) is 4.41. The first kappa shape index (κ1) is 18.5. The first-order chi connectivity index (χ1) is 12.7. The van der Waals surface area contributed by atoms with Gasteiger partial charge < -0.3 is 5.73 Å². The molecule has 3 rings (SSSR count). The number of nitrogens with two attached hydrogens (primary N) is 1. The van der Waals surface area contributed by atoms with Gasteiger partial charge in [0.2, 0.25) is 0 Å². The summed E-state index contributed by atoms with van der Waals surface area (Å²) < 4.78 is 36.9. The van der Waals surface area contributed by atoms with Gasteiger partial charge in [-0.05, 0) is 42.0 Å². The van der Waals surface area contributed by atoms with Gasteiger partial charge in [0.05, 0.1) is 17.4 Å². The van der Waals surface area contributed by atoms with Crippen molar-refractivity contribution >= 4 is 27.5 Å². The third-order valence-electron chi connectivity index (χ3n) is 3.78. The highest BCUT2D eigenvalue weighted by Gasteiger charge is 2.18. The van der Waals surface area contributed by atoms with Crippen LogP contribution in [0.4, 0.5) is 10.2 Å². The van der Waals surface area contributed by atoms with Crippen molar-refractivity contribution in [3.63, 3.8) is 0 Å². The number of anilines is 1. The Morgan fingerprint density at radius 3 is 2.56 bits per heavy atom. The molecule has 2 aromatic carbocycles. The highest BCUT2D eigenvalue weighted by atomic mass is 32.2. The van der Waals surface area contributed by atoms with Crippen molar-refractivity contribution < 1.29 is 17.6 Å². The largest absolute Gasteiger partial charge is 0.383 e. The van der Waals surface area contributed by atoms with Crippen LogP contribution in [0.1, 0.15) is 21.5 Å². The van der Waals surface area contributed by atoms with E-state index in [0.29, 0.717) is 16.8 Å². The molecule has 0 bridgehead atoms. The van der Waals surface area contributed by atoms with Gasteiger partial charge in [-0.15, -0.1) is 0 Å². The maximum atomic E-state index is 13.1. The van der Waals surface area contributed by atoms with E-state index in [1.807, 2.05) is 0 Å². The number of rotatable bonds is 5. The van der Waals surface area contributed by atoms with Crippen LogP contribution >= 0.6 is 0 Å². The van der Waals surface area contributed by atoms with Crippen LogP contribution in [-0.4, -0.2) is 30.2 Å². The molecule has 0 fully saturated rings. The minimum atomic E-state index is -3.27. The van der Waals surface area contributed by atoms with E-state index in [2.05, 4.69) is 5.10 Å². The Balaban J connectivity index is 1.93. The van der Waals surface area contributed by atoms with Crippen LogP contribution in [0.2, 0.25) is 0 Å². The number of benzene rings is 2. The van der Waals surface area contributed by atoms with Gasteiger partial charge in [0.25, 0.3) is 0 Å². The van der Waals surface area contributed by atoms with Crippen LogP contribution in [0.3, 0.4) is 0 Å². The predicted octanol–water partition coefficient (Wildman–Crippen LogP) is 2.84. The van der Waals surface area contributed by atoms with Crippen molar-refractivity contribution in [2.75, 3.05) is 12.0 Å². The van der Waals surface area contributed by atoms with Crippen molar-refractivity contribution in [2.45, 2.75) is 0 Å². The van der Waals surface area contributed by atoms with Crippen LogP contribution in [0.25, 0.3) is 11.8 Å². The molecule has 1 heterocycles. The number of aromatic nitrogens is 2. The summed E-state index contributed by atoms with van der Waals surface area (Å²) in [6, 6.07) is 12.1. The predicted molar refractivity (Wildman–Crippen MR) is 102 cm³/mol. The lowest BCUT2D eigenvalue weighted by Crippen LogP contribution is -2.07. The molecule has 0 unspecified atom stereocenters. The minimum absolute atomic E-state index is 0.128. The lowest BCUT2D eigenvalue weighted by atomic mass is 10.0. The van der Waals surface area contributed by atoms with Crippen molar-refractivity contribution in [3.05, 3.63) is 82.6 Å². The van der Waals surface area contributed by atoms with Crippen molar-refractivity contribution in [3.8, 4) is 5.69 Å². The van der Waals surface area contributed by atoms with Crippen LogP contribution < -0.4 is 5.73 Å². The fraction of sp³-hybridized carbons (Fsp3) is 0.0526. The molecule has 0 saturated heterocycles. The molecule has 8 heteroatoms. The highest BCUT2D eigenvalue weighted by Crippen LogP contribution is 2.21. The van der Waals surface area contributed by atoms with E-state index in [4.69, 9.17) is 5.73 Å². The van der Waals surface area contributed by atoms with Crippen LogP contribution in [-0.2, 0) is 9.84 Å². The normalized spacial score (nSPS) is 11.8. The van der Waals surface area contributed by atoms with E-state index in [0.717, 1.165) is 11.7 Å². The van der Waals surface area contributed by atoms with Gasteiger partial charge in [-0.3, -0.25) is 4.79 Å². The molecule has 138 valence electrons. The summed E-state index contributed by atoms with van der Waals surface area (Å²) in [5.41, 5.74) is 7.69. The van der Waals surface area contributed by atoms with Crippen LogP contribution in [0.5, 0.6) is 0 Å². The molecule has 0 amide bonds. The zero-order chi connectivity index (χ0) is 19.6. The monoisotopic (exact) mass is 385 g/mol. The molecular formula is C19H16FN3O3S. The van der Waals surface area contributed by atoms with E-state index in [-0.39, 0.29) is 23.0 Å². The Morgan fingerprint density at radius 2 is 1.89 bits per heavy atom. The fourth-order valence-corrected chi connectivity index (χ4v) is 2.87. The van der Waals surface area contributed by atoms with Crippen LogP contribution in [0, 0.1) is 5.82 Å². The van der Waals surface area contributed by atoms with E-state index in [1.165, 1.54) is 41.2 Å². The number of nitrogen functional groups attached to an aromatic ring is 1. The van der Waals surface area contributed by atoms with Crippen LogP contribution in [0.15, 0.2) is 60.1 Å². The summed E-state index contributed by atoms with van der Waals surface area (Å²) in [5.74, 6) is -0.612. The molecule has 0 atom stereocenters. The smallest absolute Gasteiger partial charge is 0.198 e. The van der Waals surface area contributed by atoms with Gasteiger partial charge in [-0.2, -0.15) is 5.10 Å². The number of sulfone groups is 1. The highest BCUT2D eigenvalue weighted by molar-refractivity contribution is 7.93. The van der Waals surface area contributed by atoms with Gasteiger partial charge in [0, 0.05) is 17.2 Å². The van der Waals surface area contributed by atoms with E-state index >= 15 is 0 Å². The third kappa shape index (κ3) is 4.29. The average molecular weight is 385 g/mol. The second kappa shape index (κ2) is 7.16. The number of halogens is 1. The molecule has 0 radical (unpaired) electrons. The number of carbonyl (C=O) groups is 1. The number of carbonyl (C=O) groups excluding carboxylic acids is 1. The quantitative estimate of drug-likeness (QED) is 0.682. The maximum Gasteiger partial charge on any atom is 0.198 e. The Hall–Kier alpha value is -3.26. The minimum Gasteiger partial charge on any atom is -0.383 e. The summed E-state index contributed by atoms with van der Waals surface area (Å²) in [6.45, 7) is 0. The molecule has 27 heavy (non-hydrogen) atoms. The topological polar surface area (TPSA) is 95.0 Å². The summed E-state index contributed by atoms with van der Waals surface area (Å²) >= 11 is 0. The second-order valence-electron chi connectivity index (χ2n) is 5.92. The Bertz CT molecular complexity index is 1130. The van der Waals surface area contributed by atoms with Gasteiger partial charge in [0.1, 0.15) is 11.6 Å². The SMILES string of the molecule is CS(=O)(=O)/C=C/c1cccc(C(=O)c2cnn(-c3ccc(F)cc3)c2N)c1. The lowest BCUT2D eigenvalue weighted by Gasteiger charge is -2.05. The van der Waals surface area contributed by atoms with Crippen molar-refractivity contribution in [1.82, 2.24) is 9.78 Å². The molecule has 0 saturated carbocycles. The summed E-state index contributed by atoms with van der Waals surface area (Å²) in [7, 11) is -3.27. The number of nitrogens with zero attached hydrogens (tertiary/aromatic N) is 2. The molecule has 3 aromatic rings. The van der Waals surface area contributed by atoms with Crippen molar-refractivity contribution in [2.24, 2.45) is 0 Å². The van der Waals surface area contributed by atoms with Crippen molar-refractivity contribution in [1.29, 1.82) is 0 Å². The first-order valence-electron chi connectivity index (χ1n) is 7.87. The number of ketones is 1. The van der Waals surface area contributed by atoms with Gasteiger partial charge in [-0.1, -0.05) is 18.2 Å². The number of hydrogen-bond acceptors (Lipinski definition) is 5. The summed E-state index contributed by atoms with van der Waals surface area (Å²) in [6.07, 6.45) is 3.85. The van der Waals surface area contributed by atoms with E-state index in [1.54, 1.807) is 24.3 Å². The summed E-state index contributed by atoms with van der Waals surface area (Å²) in [4.78, 5) is 12.8. The summed E-state index contributed by atoms with van der Waals surface area (Å²) in [5, 5.41) is 5.18. The van der Waals surface area contributed by atoms with E-state index in [9.17, 15) is 17.6 Å². The molecular weight excluding hydrogens is 369 g/mol. The average Bonchev–Trinajstić information content (AvgIpc) is 3.01. The Labute approximate surface area is 155 Å². The zero-order valence-electron chi connectivity index (χ0n) is 14.3. The standard InChI is InChI=1S/C19H16FN3O3S/c1-27(25,26)10-9-13-3-2-4-14(11-13)18(24)17-12-22-23(19(17)21)16-7-5-15(20)6-8-16/h2-12H,21H2,1H3/b10-9+. The molecule has 1 aromatic heterocycles. The lowest BCUT2D eigenvalue weighted by molar-refractivity contribution is 0.103. The first-order valence-corrected chi connectivity index (χ1v) is 9.82. The maximum absolute atomic E-state index is 13.1. The molecule has 0 aliphatic carbocycles. The van der Waals surface area contributed by atoms with E-state index < -0.39 is 9.84 Å². The second-order valence-corrected chi connectivity index (χ2v) is 7.85. The zero-order valence-corrected chi connectivity index (χ0v) is 15.2. The molecule has 2 N–H and O–H groups in total. The molecule has 0 spiro atoms.